The molecule has 0 bridgehead atoms. The van der Waals surface area contributed by atoms with Gasteiger partial charge in [-0.1, -0.05) is 0 Å². The van der Waals surface area contributed by atoms with E-state index in [9.17, 15) is 13.6 Å². The van der Waals surface area contributed by atoms with Crippen molar-refractivity contribution in [1.29, 1.82) is 0 Å². The van der Waals surface area contributed by atoms with E-state index in [0.29, 0.717) is 37.9 Å². The fraction of sp³-hybridized carbons (Fsp3) is 0.480. The number of carbonyl (C=O) groups is 1. The van der Waals surface area contributed by atoms with Crippen LogP contribution < -0.4 is 15.0 Å². The standard InChI is InChI=1S/C25H31F2N3O2/c1-18-5-2-11-29(18)12-4-14-32-24-10-8-21(30-13-3-6-25(30)31)15-19(24)17-28-23-9-7-20(26)16-22(23)27/h7-10,15-16,18,28H,2-6,11-14,17H2,1H3. The molecule has 2 fully saturated rings. The maximum Gasteiger partial charge on any atom is 0.227 e. The fourth-order valence-electron chi connectivity index (χ4n) is 4.53. The molecule has 7 heteroatoms. The van der Waals surface area contributed by atoms with E-state index in [1.54, 1.807) is 4.90 Å². The van der Waals surface area contributed by atoms with Crippen molar-refractivity contribution in [2.45, 2.75) is 51.6 Å². The zero-order chi connectivity index (χ0) is 22.5. The molecule has 172 valence electrons. The van der Waals surface area contributed by atoms with E-state index < -0.39 is 11.6 Å². The summed E-state index contributed by atoms with van der Waals surface area (Å²) in [6.45, 7) is 6.02. The Labute approximate surface area is 188 Å². The minimum absolute atomic E-state index is 0.113. The first-order valence-electron chi connectivity index (χ1n) is 11.5. The molecule has 1 amide bonds. The molecule has 2 heterocycles. The Bertz CT molecular complexity index is 953. The van der Waals surface area contributed by atoms with E-state index in [-0.39, 0.29) is 11.6 Å². The Morgan fingerprint density at radius 1 is 1.12 bits per heavy atom. The third-order valence-electron chi connectivity index (χ3n) is 6.37. The lowest BCUT2D eigenvalue weighted by atomic mass is 10.1. The summed E-state index contributed by atoms with van der Waals surface area (Å²) in [6.07, 6.45) is 4.85. The molecule has 0 radical (unpaired) electrons. The molecule has 2 aliphatic rings. The van der Waals surface area contributed by atoms with Gasteiger partial charge < -0.3 is 19.9 Å². The average Bonchev–Trinajstić information content (AvgIpc) is 3.39. The van der Waals surface area contributed by atoms with Gasteiger partial charge >= 0.3 is 0 Å². The van der Waals surface area contributed by atoms with Gasteiger partial charge in [-0.05, 0) is 69.5 Å². The summed E-state index contributed by atoms with van der Waals surface area (Å²) in [4.78, 5) is 16.4. The van der Waals surface area contributed by atoms with Gasteiger partial charge in [0.05, 0.1) is 12.3 Å². The molecule has 32 heavy (non-hydrogen) atoms. The minimum atomic E-state index is -0.641. The number of carbonyl (C=O) groups excluding carboxylic acids is 1. The molecular weight excluding hydrogens is 412 g/mol. The lowest BCUT2D eigenvalue weighted by Gasteiger charge is -2.22. The first-order valence-corrected chi connectivity index (χ1v) is 11.5. The van der Waals surface area contributed by atoms with Crippen molar-refractivity contribution in [3.63, 3.8) is 0 Å². The molecule has 2 aliphatic heterocycles. The molecule has 1 unspecified atom stereocenters. The van der Waals surface area contributed by atoms with Gasteiger partial charge in [-0.15, -0.1) is 0 Å². The number of benzene rings is 2. The van der Waals surface area contributed by atoms with E-state index in [1.807, 2.05) is 18.2 Å². The molecule has 4 rings (SSSR count). The SMILES string of the molecule is CC1CCCN1CCCOc1ccc(N2CCCC2=O)cc1CNc1ccc(F)cc1F. The van der Waals surface area contributed by atoms with E-state index in [1.165, 1.54) is 25.0 Å². The summed E-state index contributed by atoms with van der Waals surface area (Å²) in [6, 6.07) is 9.82. The van der Waals surface area contributed by atoms with Crippen LogP contribution in [0.15, 0.2) is 36.4 Å². The molecule has 1 atom stereocenters. The van der Waals surface area contributed by atoms with Crippen molar-refractivity contribution < 1.29 is 18.3 Å². The highest BCUT2D eigenvalue weighted by Gasteiger charge is 2.23. The lowest BCUT2D eigenvalue weighted by molar-refractivity contribution is -0.117. The molecule has 0 spiro atoms. The Morgan fingerprint density at radius 3 is 2.72 bits per heavy atom. The highest BCUT2D eigenvalue weighted by Crippen LogP contribution is 2.29. The smallest absolute Gasteiger partial charge is 0.227 e. The zero-order valence-electron chi connectivity index (χ0n) is 18.6. The number of anilines is 2. The van der Waals surface area contributed by atoms with Crippen molar-refractivity contribution in [2.75, 3.05) is 36.5 Å². The summed E-state index contributed by atoms with van der Waals surface area (Å²) in [5.74, 6) is -0.427. The second-order valence-corrected chi connectivity index (χ2v) is 8.65. The van der Waals surface area contributed by atoms with Crippen LogP contribution in [0.2, 0.25) is 0 Å². The summed E-state index contributed by atoms with van der Waals surface area (Å²) in [7, 11) is 0. The maximum absolute atomic E-state index is 14.1. The topological polar surface area (TPSA) is 44.8 Å². The van der Waals surface area contributed by atoms with Crippen molar-refractivity contribution in [3.8, 4) is 5.75 Å². The van der Waals surface area contributed by atoms with Gasteiger partial charge in [0.25, 0.3) is 0 Å². The monoisotopic (exact) mass is 443 g/mol. The number of nitrogens with one attached hydrogen (secondary N) is 1. The number of hydrogen-bond acceptors (Lipinski definition) is 4. The van der Waals surface area contributed by atoms with Gasteiger partial charge in [-0.25, -0.2) is 8.78 Å². The second kappa shape index (κ2) is 10.3. The van der Waals surface area contributed by atoms with Crippen LogP contribution >= 0.6 is 0 Å². The van der Waals surface area contributed by atoms with Crippen LogP contribution in [0.3, 0.4) is 0 Å². The highest BCUT2D eigenvalue weighted by molar-refractivity contribution is 5.95. The molecule has 5 nitrogen and oxygen atoms in total. The largest absolute Gasteiger partial charge is 0.493 e. The molecule has 1 N–H and O–H groups in total. The summed E-state index contributed by atoms with van der Waals surface area (Å²) >= 11 is 0. The molecule has 2 aromatic rings. The van der Waals surface area contributed by atoms with Crippen molar-refractivity contribution in [3.05, 3.63) is 53.6 Å². The predicted molar refractivity (Wildman–Crippen MR) is 122 cm³/mol. The highest BCUT2D eigenvalue weighted by atomic mass is 19.1. The second-order valence-electron chi connectivity index (χ2n) is 8.65. The quantitative estimate of drug-likeness (QED) is 0.557. The van der Waals surface area contributed by atoms with Crippen molar-refractivity contribution in [1.82, 2.24) is 4.90 Å². The summed E-state index contributed by atoms with van der Waals surface area (Å²) in [5.41, 5.74) is 1.88. The maximum atomic E-state index is 14.1. The van der Waals surface area contributed by atoms with Gasteiger partial charge in [0.2, 0.25) is 5.91 Å². The number of amides is 1. The first-order chi connectivity index (χ1) is 15.5. The van der Waals surface area contributed by atoms with Crippen molar-refractivity contribution >= 4 is 17.3 Å². The Hall–Kier alpha value is -2.67. The normalized spacial score (nSPS) is 19.0. The van der Waals surface area contributed by atoms with Gasteiger partial charge in [0.15, 0.2) is 0 Å². The number of ether oxygens (including phenoxy) is 1. The summed E-state index contributed by atoms with van der Waals surface area (Å²) in [5, 5.41) is 3.03. The third-order valence-corrected chi connectivity index (χ3v) is 6.37. The number of nitrogens with zero attached hydrogens (tertiary/aromatic N) is 2. The number of likely N-dealkylation sites (tertiary alicyclic amines) is 1. The first kappa shape index (κ1) is 22.5. The van der Waals surface area contributed by atoms with Crippen LogP contribution in [0.1, 0.15) is 44.6 Å². The van der Waals surface area contributed by atoms with Gasteiger partial charge in [-0.3, -0.25) is 4.79 Å². The van der Waals surface area contributed by atoms with E-state index in [0.717, 1.165) is 43.2 Å². The van der Waals surface area contributed by atoms with Crippen LogP contribution in [0.5, 0.6) is 5.75 Å². The number of hydrogen-bond donors (Lipinski definition) is 1. The van der Waals surface area contributed by atoms with Crippen molar-refractivity contribution in [2.24, 2.45) is 0 Å². The lowest BCUT2D eigenvalue weighted by Crippen LogP contribution is -2.28. The number of halogens is 2. The van der Waals surface area contributed by atoms with E-state index in [2.05, 4.69) is 17.1 Å². The molecule has 2 saturated heterocycles. The van der Waals surface area contributed by atoms with Gasteiger partial charge in [0, 0.05) is 49.4 Å². The predicted octanol–water partition coefficient (Wildman–Crippen LogP) is 4.96. The summed E-state index contributed by atoms with van der Waals surface area (Å²) < 4.78 is 33.4. The number of rotatable bonds is 9. The molecule has 0 aliphatic carbocycles. The van der Waals surface area contributed by atoms with Gasteiger partial charge in [0.1, 0.15) is 17.4 Å². The Morgan fingerprint density at radius 2 is 2.00 bits per heavy atom. The minimum Gasteiger partial charge on any atom is -0.493 e. The Balaban J connectivity index is 1.44. The Kier molecular flexibility index (Phi) is 7.25. The zero-order valence-corrected chi connectivity index (χ0v) is 18.6. The average molecular weight is 444 g/mol. The van der Waals surface area contributed by atoms with Crippen LogP contribution in [-0.2, 0) is 11.3 Å². The van der Waals surface area contributed by atoms with Gasteiger partial charge in [-0.2, -0.15) is 0 Å². The van der Waals surface area contributed by atoms with E-state index in [4.69, 9.17) is 4.74 Å². The van der Waals surface area contributed by atoms with Crippen LogP contribution in [0, 0.1) is 11.6 Å². The molecule has 0 aromatic heterocycles. The molecular formula is C25H31F2N3O2. The fourth-order valence-corrected chi connectivity index (χ4v) is 4.53. The van der Waals surface area contributed by atoms with Crippen LogP contribution in [0.4, 0.5) is 20.2 Å². The molecule has 2 aromatic carbocycles. The molecule has 0 saturated carbocycles. The third kappa shape index (κ3) is 5.38. The van der Waals surface area contributed by atoms with E-state index >= 15 is 0 Å². The van der Waals surface area contributed by atoms with Crippen LogP contribution in [-0.4, -0.2) is 43.1 Å². The van der Waals surface area contributed by atoms with Crippen LogP contribution in [0.25, 0.3) is 0 Å².